The van der Waals surface area contributed by atoms with Crippen LogP contribution in [0.15, 0.2) is 42.5 Å². The van der Waals surface area contributed by atoms with Crippen molar-refractivity contribution in [1.29, 1.82) is 0 Å². The summed E-state index contributed by atoms with van der Waals surface area (Å²) in [7, 11) is 1.90. The van der Waals surface area contributed by atoms with Crippen LogP contribution in [-0.4, -0.2) is 35.5 Å². The monoisotopic (exact) mass is 346 g/mol. The minimum absolute atomic E-state index is 0.116. The number of carbonyl (C=O) groups is 1. The van der Waals surface area contributed by atoms with Gasteiger partial charge in [0.1, 0.15) is 5.75 Å². The molecule has 1 heterocycles. The fraction of sp³-hybridized carbons (Fsp3) is 0.316. The van der Waals surface area contributed by atoms with Gasteiger partial charge in [-0.1, -0.05) is 18.2 Å². The van der Waals surface area contributed by atoms with Crippen LogP contribution in [0, 0.1) is 11.6 Å². The Morgan fingerprint density at radius 1 is 1.24 bits per heavy atom. The number of hydrogen-bond donors (Lipinski definition) is 2. The van der Waals surface area contributed by atoms with Crippen molar-refractivity contribution in [1.82, 2.24) is 10.2 Å². The van der Waals surface area contributed by atoms with Crippen molar-refractivity contribution in [2.75, 3.05) is 13.6 Å². The first-order valence-corrected chi connectivity index (χ1v) is 8.16. The number of amides is 1. The summed E-state index contributed by atoms with van der Waals surface area (Å²) in [6, 6.07) is 10.0. The molecule has 2 aromatic carbocycles. The standard InChI is InChI=1S/C19H20F2N2O2/c1-23-8-7-17(19(23)13-5-6-15(20)16(21)11-13)22-18(25)10-12-3-2-4-14(24)9-12/h2-6,9,11,17,19,24H,7-8,10H2,1H3,(H,22,25)/t17-,19+/m0/s1. The van der Waals surface area contributed by atoms with Gasteiger partial charge < -0.3 is 10.4 Å². The number of nitrogens with one attached hydrogen (secondary N) is 1. The Labute approximate surface area is 145 Å². The average Bonchev–Trinajstić information content (AvgIpc) is 2.90. The van der Waals surface area contributed by atoms with Crippen LogP contribution in [0.5, 0.6) is 5.75 Å². The topological polar surface area (TPSA) is 52.6 Å². The Hall–Kier alpha value is -2.47. The number of nitrogens with zero attached hydrogens (tertiary/aromatic N) is 1. The lowest BCUT2D eigenvalue weighted by Crippen LogP contribution is -2.39. The van der Waals surface area contributed by atoms with Crippen LogP contribution in [0.3, 0.4) is 0 Å². The lowest BCUT2D eigenvalue weighted by Gasteiger charge is -2.26. The summed E-state index contributed by atoms with van der Waals surface area (Å²) >= 11 is 0. The van der Waals surface area contributed by atoms with Gasteiger partial charge in [0.05, 0.1) is 12.5 Å². The van der Waals surface area contributed by atoms with Gasteiger partial charge in [-0.3, -0.25) is 9.69 Å². The Morgan fingerprint density at radius 2 is 2.04 bits per heavy atom. The predicted molar refractivity (Wildman–Crippen MR) is 90.1 cm³/mol. The van der Waals surface area contributed by atoms with Gasteiger partial charge in [-0.2, -0.15) is 0 Å². The molecule has 4 nitrogen and oxygen atoms in total. The van der Waals surface area contributed by atoms with Gasteiger partial charge in [-0.25, -0.2) is 8.78 Å². The Kier molecular flexibility index (Phi) is 4.99. The van der Waals surface area contributed by atoms with Crippen molar-refractivity contribution in [2.45, 2.75) is 24.9 Å². The zero-order valence-corrected chi connectivity index (χ0v) is 13.9. The number of rotatable bonds is 4. The summed E-state index contributed by atoms with van der Waals surface area (Å²) in [4.78, 5) is 14.4. The Morgan fingerprint density at radius 3 is 2.76 bits per heavy atom. The normalized spacial score (nSPS) is 20.6. The molecule has 132 valence electrons. The SMILES string of the molecule is CN1CC[C@H](NC(=O)Cc2cccc(O)c2)[C@H]1c1ccc(F)c(F)c1. The molecule has 1 aliphatic heterocycles. The van der Waals surface area contributed by atoms with Crippen LogP contribution in [0.25, 0.3) is 0 Å². The van der Waals surface area contributed by atoms with Gasteiger partial charge in [-0.15, -0.1) is 0 Å². The molecule has 2 aromatic rings. The van der Waals surface area contributed by atoms with E-state index in [1.807, 2.05) is 11.9 Å². The molecule has 1 saturated heterocycles. The van der Waals surface area contributed by atoms with E-state index in [0.717, 1.165) is 19.0 Å². The minimum atomic E-state index is -0.886. The third-order valence-corrected chi connectivity index (χ3v) is 4.56. The number of phenols is 1. The lowest BCUT2D eigenvalue weighted by atomic mass is 9.99. The summed E-state index contributed by atoms with van der Waals surface area (Å²) in [6.45, 7) is 0.751. The number of hydrogen-bond acceptors (Lipinski definition) is 3. The smallest absolute Gasteiger partial charge is 0.224 e. The molecule has 0 saturated carbocycles. The highest BCUT2D eigenvalue weighted by atomic mass is 19.2. The van der Waals surface area contributed by atoms with E-state index in [-0.39, 0.29) is 30.2 Å². The van der Waals surface area contributed by atoms with Gasteiger partial charge in [0, 0.05) is 12.6 Å². The quantitative estimate of drug-likeness (QED) is 0.895. The number of halogens is 2. The van der Waals surface area contributed by atoms with Crippen molar-refractivity contribution in [2.24, 2.45) is 0 Å². The van der Waals surface area contributed by atoms with Crippen molar-refractivity contribution in [3.05, 3.63) is 65.2 Å². The molecule has 0 unspecified atom stereocenters. The first kappa shape index (κ1) is 17.4. The van der Waals surface area contributed by atoms with Gasteiger partial charge in [0.15, 0.2) is 11.6 Å². The average molecular weight is 346 g/mol. The van der Waals surface area contributed by atoms with Crippen molar-refractivity contribution >= 4 is 5.91 Å². The van der Waals surface area contributed by atoms with Gasteiger partial charge in [0.25, 0.3) is 0 Å². The molecule has 25 heavy (non-hydrogen) atoms. The summed E-state index contributed by atoms with van der Waals surface area (Å²) in [6.07, 6.45) is 0.880. The molecule has 1 amide bonds. The number of benzene rings is 2. The number of phenolic OH excluding ortho intramolecular Hbond substituents is 1. The van der Waals surface area contributed by atoms with Crippen LogP contribution in [0.1, 0.15) is 23.6 Å². The molecule has 2 atom stereocenters. The zero-order chi connectivity index (χ0) is 18.0. The third kappa shape index (κ3) is 3.96. The second kappa shape index (κ2) is 7.19. The molecule has 0 spiro atoms. The van der Waals surface area contributed by atoms with Crippen molar-refractivity contribution < 1.29 is 18.7 Å². The maximum atomic E-state index is 13.6. The molecular formula is C19H20F2N2O2. The fourth-order valence-corrected chi connectivity index (χ4v) is 3.39. The minimum Gasteiger partial charge on any atom is -0.508 e. The number of aromatic hydroxyl groups is 1. The summed E-state index contributed by atoms with van der Waals surface area (Å²) in [5, 5.41) is 12.5. The third-order valence-electron chi connectivity index (χ3n) is 4.56. The highest BCUT2D eigenvalue weighted by Crippen LogP contribution is 2.31. The second-order valence-electron chi connectivity index (χ2n) is 6.41. The van der Waals surface area contributed by atoms with E-state index in [4.69, 9.17) is 0 Å². The van der Waals surface area contributed by atoms with E-state index in [9.17, 15) is 18.7 Å². The highest BCUT2D eigenvalue weighted by molar-refractivity contribution is 5.79. The Bertz CT molecular complexity index is 782. The Balaban J connectivity index is 1.72. The summed E-state index contributed by atoms with van der Waals surface area (Å²) in [5.41, 5.74) is 1.36. The van der Waals surface area contributed by atoms with Gasteiger partial charge in [0.2, 0.25) is 5.91 Å². The molecule has 0 aromatic heterocycles. The maximum Gasteiger partial charge on any atom is 0.224 e. The van der Waals surface area contributed by atoms with Crippen LogP contribution in [0.4, 0.5) is 8.78 Å². The molecule has 1 fully saturated rings. The second-order valence-corrected chi connectivity index (χ2v) is 6.41. The first-order valence-electron chi connectivity index (χ1n) is 8.16. The molecule has 0 bridgehead atoms. The predicted octanol–water partition coefficient (Wildman–Crippen LogP) is 2.77. The molecule has 1 aliphatic rings. The fourth-order valence-electron chi connectivity index (χ4n) is 3.39. The van der Waals surface area contributed by atoms with Crippen LogP contribution in [0.2, 0.25) is 0 Å². The maximum absolute atomic E-state index is 13.6. The van der Waals surface area contributed by atoms with E-state index in [2.05, 4.69) is 5.32 Å². The van der Waals surface area contributed by atoms with E-state index in [1.165, 1.54) is 6.07 Å². The molecule has 6 heteroatoms. The van der Waals surface area contributed by atoms with Crippen LogP contribution in [-0.2, 0) is 11.2 Å². The first-order chi connectivity index (χ1) is 11.9. The molecule has 3 rings (SSSR count). The van der Waals surface area contributed by atoms with E-state index < -0.39 is 11.6 Å². The largest absolute Gasteiger partial charge is 0.508 e. The summed E-state index contributed by atoms with van der Waals surface area (Å²) in [5.74, 6) is -1.82. The van der Waals surface area contributed by atoms with Crippen LogP contribution < -0.4 is 5.32 Å². The molecule has 0 radical (unpaired) electrons. The van der Waals surface area contributed by atoms with Gasteiger partial charge >= 0.3 is 0 Å². The number of likely N-dealkylation sites (N-methyl/N-ethyl adjacent to an activating group) is 1. The van der Waals surface area contributed by atoms with Crippen molar-refractivity contribution in [3.8, 4) is 5.75 Å². The number of carbonyl (C=O) groups excluding carboxylic acids is 1. The van der Waals surface area contributed by atoms with E-state index >= 15 is 0 Å². The lowest BCUT2D eigenvalue weighted by molar-refractivity contribution is -0.121. The zero-order valence-electron chi connectivity index (χ0n) is 13.9. The van der Waals surface area contributed by atoms with E-state index in [0.29, 0.717) is 11.1 Å². The molecule has 2 N–H and O–H groups in total. The van der Waals surface area contributed by atoms with Gasteiger partial charge in [-0.05, 0) is 48.9 Å². The van der Waals surface area contributed by atoms with Crippen LogP contribution >= 0.6 is 0 Å². The number of likely N-dealkylation sites (tertiary alicyclic amines) is 1. The highest BCUT2D eigenvalue weighted by Gasteiger charge is 2.34. The summed E-state index contributed by atoms with van der Waals surface area (Å²) < 4.78 is 26.8. The molecular weight excluding hydrogens is 326 g/mol. The van der Waals surface area contributed by atoms with E-state index in [1.54, 1.807) is 30.3 Å². The van der Waals surface area contributed by atoms with Crippen molar-refractivity contribution in [3.63, 3.8) is 0 Å². The molecule has 0 aliphatic carbocycles.